The predicted octanol–water partition coefficient (Wildman–Crippen LogP) is 9.48. The fourth-order valence-corrected chi connectivity index (χ4v) is 8.27. The van der Waals surface area contributed by atoms with Crippen LogP contribution in [0.2, 0.25) is 20.1 Å². The average Bonchev–Trinajstić information content (AvgIpc) is 3.28. The first-order chi connectivity index (χ1) is 32.5. The molecular formula is C44H32Cl4N12O6S2. The summed E-state index contributed by atoms with van der Waals surface area (Å²) in [6.07, 6.45) is 2.47. The minimum atomic E-state index is -4.86. The van der Waals surface area contributed by atoms with E-state index in [0.717, 1.165) is 12.1 Å². The van der Waals surface area contributed by atoms with Crippen molar-refractivity contribution in [1.82, 2.24) is 29.9 Å². The van der Waals surface area contributed by atoms with Gasteiger partial charge in [0.15, 0.2) is 0 Å². The summed E-state index contributed by atoms with van der Waals surface area (Å²) in [4.78, 5) is 38.1. The van der Waals surface area contributed by atoms with Crippen LogP contribution in [0.25, 0.3) is 12.2 Å². The van der Waals surface area contributed by atoms with E-state index in [4.69, 9.17) is 46.4 Å². The molecule has 8 aromatic rings. The summed E-state index contributed by atoms with van der Waals surface area (Å²) < 4.78 is 71.2. The third-order valence-corrected chi connectivity index (χ3v) is 12.4. The van der Waals surface area contributed by atoms with Crippen LogP contribution in [0, 0.1) is 0 Å². The van der Waals surface area contributed by atoms with Gasteiger partial charge >= 0.3 is 0 Å². The summed E-state index contributed by atoms with van der Waals surface area (Å²) >= 11 is 25.5. The quantitative estimate of drug-likeness (QED) is 0.0424. The van der Waals surface area contributed by atoms with Gasteiger partial charge in [0, 0.05) is 11.4 Å². The maximum absolute atomic E-state index is 12.7. The van der Waals surface area contributed by atoms with Gasteiger partial charge in [0.1, 0.15) is 9.79 Å². The van der Waals surface area contributed by atoms with Gasteiger partial charge in [-0.25, -0.2) is 20.0 Å². The molecule has 0 bridgehead atoms. The van der Waals surface area contributed by atoms with Crippen LogP contribution in [0.15, 0.2) is 163 Å². The van der Waals surface area contributed by atoms with Crippen molar-refractivity contribution in [3.05, 3.63) is 187 Å². The number of H-pyrrole nitrogens is 4. The van der Waals surface area contributed by atoms with E-state index in [1.165, 1.54) is 36.4 Å². The van der Waals surface area contributed by atoms with E-state index in [2.05, 4.69) is 60.5 Å². The highest BCUT2D eigenvalue weighted by molar-refractivity contribution is 7.86. The molecule has 344 valence electrons. The second-order valence-electron chi connectivity index (χ2n) is 14.1. The predicted molar refractivity (Wildman–Crippen MR) is 261 cm³/mol. The van der Waals surface area contributed by atoms with Crippen LogP contribution >= 0.6 is 46.4 Å². The Morgan fingerprint density at radius 2 is 0.779 bits per heavy atom. The fraction of sp³-hybridized carbons (Fsp3) is 0. The van der Waals surface area contributed by atoms with Crippen LogP contribution in [0.3, 0.4) is 0 Å². The van der Waals surface area contributed by atoms with Crippen LogP contribution in [0.1, 0.15) is 11.1 Å². The van der Waals surface area contributed by atoms with Gasteiger partial charge in [-0.1, -0.05) is 107 Å². The number of hydrogen-bond donors (Lipinski definition) is 8. The molecule has 8 N–H and O–H groups in total. The molecule has 0 fully saturated rings. The molecule has 0 aliphatic heterocycles. The summed E-state index contributed by atoms with van der Waals surface area (Å²) in [7, 11) is -9.71. The number of para-hydroxylation sites is 4. The molecule has 0 radical (unpaired) electrons. The fourth-order valence-electron chi connectivity index (χ4n) is 6.23. The van der Waals surface area contributed by atoms with Gasteiger partial charge in [-0.05, 0) is 96.1 Å². The van der Waals surface area contributed by atoms with Crippen molar-refractivity contribution in [1.29, 1.82) is 0 Å². The van der Waals surface area contributed by atoms with Gasteiger partial charge in [0.25, 0.3) is 20.2 Å². The lowest BCUT2D eigenvalue weighted by Gasteiger charge is -2.11. The Bertz CT molecular complexity index is 3400. The Kier molecular flexibility index (Phi) is 14.2. The lowest BCUT2D eigenvalue weighted by Crippen LogP contribution is -2.28. The summed E-state index contributed by atoms with van der Waals surface area (Å²) in [5, 5.41) is 7.52. The van der Waals surface area contributed by atoms with Crippen molar-refractivity contribution in [3.63, 3.8) is 0 Å². The van der Waals surface area contributed by atoms with E-state index in [1.54, 1.807) is 97.1 Å². The van der Waals surface area contributed by atoms with Crippen LogP contribution < -0.4 is 33.1 Å². The van der Waals surface area contributed by atoms with Crippen molar-refractivity contribution < 1.29 is 25.9 Å². The van der Waals surface area contributed by atoms with Gasteiger partial charge in [0.05, 0.1) is 42.8 Å². The Morgan fingerprint density at radius 1 is 0.456 bits per heavy atom. The van der Waals surface area contributed by atoms with Crippen LogP contribution in [0.5, 0.6) is 0 Å². The van der Waals surface area contributed by atoms with E-state index < -0.39 is 30.0 Å². The standard InChI is InChI=1S/C44H32Cl4N12O6S2/c45-29-9-1-5-13-33(29)51-41-55-39(56-42(59-41)52-34-14-6-2-10-30(34)46)49-27-19-21-37(67(61,62)63)25(23-27)17-18-26-24-28(20-22-38(26)68(64,65)66)50-40-57-43(53-35-15-7-3-11-31(35)47)60-44(58-40)54-36-16-8-4-12-32(36)48/h1-24H,(H,61,62,63)(H,64,65,66)(H3,49,51,52,55,56,59)(H3,50,53,54,57,58,60)/b18-17+. The third-order valence-electron chi connectivity index (χ3n) is 9.24. The zero-order valence-corrected chi connectivity index (χ0v) is 39.1. The van der Waals surface area contributed by atoms with E-state index >= 15 is 0 Å². The van der Waals surface area contributed by atoms with Gasteiger partial charge in [-0.2, -0.15) is 26.8 Å². The molecule has 68 heavy (non-hydrogen) atoms. The molecule has 0 unspecified atom stereocenters. The van der Waals surface area contributed by atoms with E-state index in [1.807, 2.05) is 0 Å². The van der Waals surface area contributed by atoms with Gasteiger partial charge in [-0.3, -0.25) is 29.0 Å². The Labute approximate surface area is 405 Å². The molecule has 8 rings (SSSR count). The highest BCUT2D eigenvalue weighted by Crippen LogP contribution is 2.29. The lowest BCUT2D eigenvalue weighted by molar-refractivity contribution is 0.480. The van der Waals surface area contributed by atoms with Crippen molar-refractivity contribution in [2.45, 2.75) is 9.79 Å². The number of aromatic nitrogens is 6. The number of halogens is 4. The number of rotatable bonds is 12. The molecule has 0 amide bonds. The minimum Gasteiger partial charge on any atom is -0.326 e. The molecule has 0 spiro atoms. The summed E-state index contributed by atoms with van der Waals surface area (Å²) in [6.45, 7) is 0. The van der Waals surface area contributed by atoms with Crippen molar-refractivity contribution in [2.75, 3.05) is 10.6 Å². The minimum absolute atomic E-state index is 0.0601. The third kappa shape index (κ3) is 12.1. The lowest BCUT2D eigenvalue weighted by atomic mass is 10.1. The molecule has 0 saturated carbocycles. The van der Waals surface area contributed by atoms with Crippen molar-refractivity contribution in [3.8, 4) is 0 Å². The second-order valence-corrected chi connectivity index (χ2v) is 18.5. The number of nitrogens with zero attached hydrogens (tertiary/aromatic N) is 6. The highest BCUT2D eigenvalue weighted by atomic mass is 35.5. The molecule has 18 nitrogen and oxygen atoms in total. The van der Waals surface area contributed by atoms with E-state index in [-0.39, 0.29) is 56.9 Å². The van der Waals surface area contributed by atoms with Crippen LogP contribution in [0.4, 0.5) is 46.0 Å². The monoisotopic (exact) mass is 1030 g/mol. The maximum atomic E-state index is 12.7. The highest BCUT2D eigenvalue weighted by Gasteiger charge is 2.18. The van der Waals surface area contributed by atoms with Gasteiger partial charge in [0.2, 0.25) is 34.4 Å². The Morgan fingerprint density at radius 3 is 1.10 bits per heavy atom. The average molecular weight is 1030 g/mol. The number of hydrogen-bond acceptors (Lipinski definition) is 12. The SMILES string of the molecule is O=S(=O)(O)c1ccc(Nc2nc(=Nc3ccccc3Cl)[nH]c(=Nc3ccccc3Cl)[nH]2)cc1/C=C/c1cc(Nc2nc(=Nc3ccccc3Cl)[nH]c(=Nc3ccccc3Cl)[nH]2)ccc1S(=O)(=O)O. The first-order valence-corrected chi connectivity index (χ1v) is 24.0. The zero-order valence-electron chi connectivity index (χ0n) is 34.4. The number of aromatic amines is 4. The molecule has 2 heterocycles. The second kappa shape index (κ2) is 20.4. The van der Waals surface area contributed by atoms with Gasteiger partial charge < -0.3 is 10.6 Å². The Hall–Kier alpha value is -7.14. The maximum Gasteiger partial charge on any atom is 0.295 e. The largest absolute Gasteiger partial charge is 0.326 e. The van der Waals surface area contributed by atoms with Gasteiger partial charge in [-0.15, -0.1) is 0 Å². The summed E-state index contributed by atoms with van der Waals surface area (Å²) in [6, 6.07) is 35.0. The summed E-state index contributed by atoms with van der Waals surface area (Å²) in [5.74, 6) is 0.133. The molecule has 0 aliphatic rings. The zero-order chi connectivity index (χ0) is 48.0. The number of nitrogens with one attached hydrogen (secondary N) is 6. The van der Waals surface area contributed by atoms with Crippen molar-refractivity contribution >= 4 is 125 Å². The first kappa shape index (κ1) is 47.4. The van der Waals surface area contributed by atoms with Crippen molar-refractivity contribution in [2.24, 2.45) is 20.0 Å². The van der Waals surface area contributed by atoms with Crippen LogP contribution in [-0.2, 0) is 20.2 Å². The molecule has 2 aromatic heterocycles. The molecular weight excluding hydrogens is 999 g/mol. The number of benzene rings is 6. The number of anilines is 4. The topological polar surface area (TPSA) is 271 Å². The van der Waals surface area contributed by atoms with E-state index in [9.17, 15) is 25.9 Å². The smallest absolute Gasteiger partial charge is 0.295 e. The molecule has 24 heteroatoms. The molecule has 0 saturated heterocycles. The van der Waals surface area contributed by atoms with E-state index in [0.29, 0.717) is 42.8 Å². The van der Waals surface area contributed by atoms with Crippen LogP contribution in [-0.4, -0.2) is 55.8 Å². The molecule has 0 aliphatic carbocycles. The normalized spacial score (nSPS) is 13.1. The Balaban J connectivity index is 1.19. The summed E-state index contributed by atoms with van der Waals surface area (Å²) in [5.41, 5.74) is 2.31. The molecule has 0 atom stereocenters. The molecule has 6 aromatic carbocycles. The first-order valence-electron chi connectivity index (χ1n) is 19.6.